The van der Waals surface area contributed by atoms with Crippen molar-refractivity contribution in [2.24, 2.45) is 5.92 Å². The van der Waals surface area contributed by atoms with Crippen molar-refractivity contribution in [3.8, 4) is 5.75 Å². The van der Waals surface area contributed by atoms with Crippen LogP contribution < -0.4 is 10.1 Å². The average Bonchev–Trinajstić information content (AvgIpc) is 3.54. The second-order valence-corrected chi connectivity index (χ2v) is 8.38. The number of nitrogens with one attached hydrogen (secondary N) is 1. The Bertz CT molecular complexity index is 1000. The first-order valence-corrected chi connectivity index (χ1v) is 11.1. The summed E-state index contributed by atoms with van der Waals surface area (Å²) in [5, 5.41) is 3.05. The maximum absolute atomic E-state index is 11.8. The SMILES string of the molecule is CC(C)c1ccccc1OCCn1c(CCCNC(=O)C2CC2)nc2ccccc21. The van der Waals surface area contributed by atoms with E-state index in [1.807, 2.05) is 18.2 Å². The van der Waals surface area contributed by atoms with Crippen LogP contribution in [0.3, 0.4) is 0 Å². The zero-order chi connectivity index (χ0) is 20.9. The Morgan fingerprint density at radius 3 is 2.73 bits per heavy atom. The number of imidazole rings is 1. The molecule has 2 aromatic carbocycles. The second kappa shape index (κ2) is 9.33. The maximum atomic E-state index is 11.8. The van der Waals surface area contributed by atoms with Gasteiger partial charge in [-0.05, 0) is 48.9 Å². The fourth-order valence-electron chi connectivity index (χ4n) is 3.85. The molecule has 5 heteroatoms. The van der Waals surface area contributed by atoms with Gasteiger partial charge >= 0.3 is 0 Å². The Hall–Kier alpha value is -2.82. The van der Waals surface area contributed by atoms with E-state index in [1.54, 1.807) is 0 Å². The molecule has 0 radical (unpaired) electrons. The lowest BCUT2D eigenvalue weighted by Gasteiger charge is -2.15. The van der Waals surface area contributed by atoms with Crippen molar-refractivity contribution in [2.45, 2.75) is 52.0 Å². The molecule has 5 nitrogen and oxygen atoms in total. The molecule has 1 amide bonds. The number of hydrogen-bond donors (Lipinski definition) is 1. The van der Waals surface area contributed by atoms with Crippen LogP contribution in [0.4, 0.5) is 0 Å². The number of fused-ring (bicyclic) bond motifs is 1. The molecule has 0 saturated heterocycles. The summed E-state index contributed by atoms with van der Waals surface area (Å²) in [4.78, 5) is 16.7. The van der Waals surface area contributed by atoms with E-state index < -0.39 is 0 Å². The molecule has 0 bridgehead atoms. The zero-order valence-corrected chi connectivity index (χ0v) is 17.9. The number of benzene rings is 2. The molecule has 4 rings (SSSR count). The summed E-state index contributed by atoms with van der Waals surface area (Å²) in [6.07, 6.45) is 3.81. The largest absolute Gasteiger partial charge is 0.491 e. The third kappa shape index (κ3) is 4.84. The molecule has 1 fully saturated rings. The monoisotopic (exact) mass is 405 g/mol. The summed E-state index contributed by atoms with van der Waals surface area (Å²) < 4.78 is 8.42. The molecule has 1 N–H and O–H groups in total. The molecule has 1 aliphatic rings. The lowest BCUT2D eigenvalue weighted by molar-refractivity contribution is -0.122. The number of rotatable bonds is 10. The zero-order valence-electron chi connectivity index (χ0n) is 17.9. The molecular formula is C25H31N3O2. The Morgan fingerprint density at radius 1 is 1.17 bits per heavy atom. The van der Waals surface area contributed by atoms with Crippen LogP contribution in [0, 0.1) is 5.92 Å². The number of aromatic nitrogens is 2. The van der Waals surface area contributed by atoms with Crippen LogP contribution in [0.15, 0.2) is 48.5 Å². The van der Waals surface area contributed by atoms with Crippen molar-refractivity contribution < 1.29 is 9.53 Å². The Kier molecular flexibility index (Phi) is 6.36. The van der Waals surface area contributed by atoms with Gasteiger partial charge in [-0.2, -0.15) is 0 Å². The number of carbonyl (C=O) groups excluding carboxylic acids is 1. The van der Waals surface area contributed by atoms with Gasteiger partial charge in [-0.15, -0.1) is 0 Å². The Labute approximate surface area is 178 Å². The standard InChI is InChI=1S/C25H31N3O2/c1-18(2)20-8-3-6-11-23(20)30-17-16-28-22-10-5-4-9-21(22)27-24(28)12-7-15-26-25(29)19-13-14-19/h3-6,8-11,18-19H,7,12-17H2,1-2H3,(H,26,29). The molecule has 3 aromatic rings. The first kappa shape index (κ1) is 20.5. The fourth-order valence-corrected chi connectivity index (χ4v) is 3.85. The quantitative estimate of drug-likeness (QED) is 0.498. The number of para-hydroxylation sites is 3. The van der Waals surface area contributed by atoms with Crippen molar-refractivity contribution in [3.63, 3.8) is 0 Å². The van der Waals surface area contributed by atoms with Gasteiger partial charge < -0.3 is 14.6 Å². The molecule has 1 heterocycles. The molecule has 30 heavy (non-hydrogen) atoms. The summed E-state index contributed by atoms with van der Waals surface area (Å²) in [7, 11) is 0. The van der Waals surface area contributed by atoms with Gasteiger partial charge in [0, 0.05) is 18.9 Å². The number of carbonyl (C=O) groups is 1. The van der Waals surface area contributed by atoms with Crippen molar-refractivity contribution in [1.82, 2.24) is 14.9 Å². The van der Waals surface area contributed by atoms with Crippen LogP contribution >= 0.6 is 0 Å². The van der Waals surface area contributed by atoms with Crippen LogP contribution in [0.1, 0.15) is 50.4 Å². The van der Waals surface area contributed by atoms with Gasteiger partial charge in [0.05, 0.1) is 17.6 Å². The van der Waals surface area contributed by atoms with Gasteiger partial charge in [0.2, 0.25) is 5.91 Å². The van der Waals surface area contributed by atoms with E-state index >= 15 is 0 Å². The lowest BCUT2D eigenvalue weighted by Crippen LogP contribution is -2.26. The minimum Gasteiger partial charge on any atom is -0.491 e. The van der Waals surface area contributed by atoms with Crippen molar-refractivity contribution in [1.29, 1.82) is 0 Å². The van der Waals surface area contributed by atoms with Crippen molar-refractivity contribution in [3.05, 3.63) is 59.9 Å². The summed E-state index contributed by atoms with van der Waals surface area (Å²) >= 11 is 0. The highest BCUT2D eigenvalue weighted by atomic mass is 16.5. The summed E-state index contributed by atoms with van der Waals surface area (Å²) in [6, 6.07) is 16.5. The molecule has 0 spiro atoms. The van der Waals surface area contributed by atoms with Crippen LogP contribution in [0.2, 0.25) is 0 Å². The predicted octanol–water partition coefficient (Wildman–Crippen LogP) is 4.70. The normalized spacial score (nSPS) is 13.7. The van der Waals surface area contributed by atoms with Gasteiger partial charge in [-0.3, -0.25) is 4.79 Å². The molecule has 1 aliphatic carbocycles. The highest BCUT2D eigenvalue weighted by Gasteiger charge is 2.29. The lowest BCUT2D eigenvalue weighted by atomic mass is 10.0. The van der Waals surface area contributed by atoms with E-state index in [0.29, 0.717) is 19.1 Å². The van der Waals surface area contributed by atoms with Gasteiger partial charge in [0.25, 0.3) is 0 Å². The smallest absolute Gasteiger partial charge is 0.223 e. The van der Waals surface area contributed by atoms with Gasteiger partial charge in [0.15, 0.2) is 0 Å². The van der Waals surface area contributed by atoms with Crippen molar-refractivity contribution >= 4 is 16.9 Å². The third-order valence-corrected chi connectivity index (χ3v) is 5.67. The highest BCUT2D eigenvalue weighted by molar-refractivity contribution is 5.80. The van der Waals surface area contributed by atoms with E-state index in [2.05, 4.69) is 54.1 Å². The molecular weight excluding hydrogens is 374 g/mol. The minimum atomic E-state index is 0.209. The Balaban J connectivity index is 1.40. The second-order valence-electron chi connectivity index (χ2n) is 8.38. The molecule has 1 aromatic heterocycles. The summed E-state index contributed by atoms with van der Waals surface area (Å²) in [5.74, 6) is 2.91. The van der Waals surface area contributed by atoms with Crippen LogP contribution in [-0.4, -0.2) is 28.6 Å². The van der Waals surface area contributed by atoms with E-state index in [-0.39, 0.29) is 11.8 Å². The predicted molar refractivity (Wildman–Crippen MR) is 120 cm³/mol. The van der Waals surface area contributed by atoms with Crippen LogP contribution in [0.25, 0.3) is 11.0 Å². The number of amides is 1. The molecule has 0 unspecified atom stereocenters. The van der Waals surface area contributed by atoms with Gasteiger partial charge in [0.1, 0.15) is 18.2 Å². The first-order valence-electron chi connectivity index (χ1n) is 11.1. The molecule has 0 aliphatic heterocycles. The highest BCUT2D eigenvalue weighted by Crippen LogP contribution is 2.28. The fraction of sp³-hybridized carbons (Fsp3) is 0.440. The van der Waals surface area contributed by atoms with Gasteiger partial charge in [-0.25, -0.2) is 4.98 Å². The van der Waals surface area contributed by atoms with E-state index in [1.165, 1.54) is 5.56 Å². The van der Waals surface area contributed by atoms with Crippen molar-refractivity contribution in [2.75, 3.05) is 13.2 Å². The van der Waals surface area contributed by atoms with Crippen LogP contribution in [-0.2, 0) is 17.8 Å². The number of aryl methyl sites for hydroxylation is 1. The number of ether oxygens (including phenoxy) is 1. The maximum Gasteiger partial charge on any atom is 0.223 e. The molecule has 0 atom stereocenters. The third-order valence-electron chi connectivity index (χ3n) is 5.67. The van der Waals surface area contributed by atoms with E-state index in [4.69, 9.17) is 9.72 Å². The minimum absolute atomic E-state index is 0.209. The van der Waals surface area contributed by atoms with Gasteiger partial charge in [-0.1, -0.05) is 44.2 Å². The van der Waals surface area contributed by atoms with E-state index in [0.717, 1.165) is 54.8 Å². The number of nitrogens with zero attached hydrogens (tertiary/aromatic N) is 2. The number of hydrogen-bond acceptors (Lipinski definition) is 3. The Morgan fingerprint density at radius 2 is 1.93 bits per heavy atom. The molecule has 1 saturated carbocycles. The summed E-state index contributed by atoms with van der Waals surface area (Å²) in [5.41, 5.74) is 3.38. The molecule has 158 valence electrons. The average molecular weight is 406 g/mol. The summed E-state index contributed by atoms with van der Waals surface area (Å²) in [6.45, 7) is 6.42. The van der Waals surface area contributed by atoms with E-state index in [9.17, 15) is 4.79 Å². The topological polar surface area (TPSA) is 56.1 Å². The van der Waals surface area contributed by atoms with Crippen LogP contribution in [0.5, 0.6) is 5.75 Å². The first-order chi connectivity index (χ1) is 14.6.